The summed E-state index contributed by atoms with van der Waals surface area (Å²) >= 11 is 1.12. The summed E-state index contributed by atoms with van der Waals surface area (Å²) in [7, 11) is 1.33. The van der Waals surface area contributed by atoms with Gasteiger partial charge in [-0.15, -0.1) is 0 Å². The first kappa shape index (κ1) is 22.2. The number of esters is 1. The maximum atomic E-state index is 12.7. The Balaban J connectivity index is 1.42. The summed E-state index contributed by atoms with van der Waals surface area (Å²) in [5.41, 5.74) is 2.79. The van der Waals surface area contributed by atoms with E-state index in [4.69, 9.17) is 4.74 Å². The number of benzene rings is 3. The minimum absolute atomic E-state index is 0.0712. The average molecular weight is 460 g/mol. The Morgan fingerprint density at radius 1 is 0.970 bits per heavy atom. The minimum Gasteiger partial charge on any atom is -0.492 e. The number of fused-ring (bicyclic) bond motifs is 1. The monoisotopic (exact) mass is 459 g/mol. The first-order chi connectivity index (χ1) is 16.0. The van der Waals surface area contributed by atoms with Gasteiger partial charge in [0, 0.05) is 17.2 Å². The Bertz CT molecular complexity index is 1370. The maximum Gasteiger partial charge on any atom is 0.330 e. The van der Waals surface area contributed by atoms with Gasteiger partial charge in [-0.25, -0.2) is 4.79 Å². The van der Waals surface area contributed by atoms with Crippen LogP contribution < -0.4 is 9.61 Å². The number of hydrogen-bond donors (Lipinski definition) is 0. The van der Waals surface area contributed by atoms with Crippen LogP contribution >= 0.6 is 11.3 Å². The summed E-state index contributed by atoms with van der Waals surface area (Å²) in [6.07, 6.45) is 3.01. The highest BCUT2D eigenvalue weighted by molar-refractivity contribution is 7.16. The van der Waals surface area contributed by atoms with Crippen molar-refractivity contribution in [3.05, 3.63) is 105 Å². The lowest BCUT2D eigenvalue weighted by Crippen LogP contribution is -2.17. The topological polar surface area (TPSA) is 74.6 Å². The third kappa shape index (κ3) is 5.27. The molecule has 1 heterocycles. The zero-order valence-electron chi connectivity index (χ0n) is 17.9. The summed E-state index contributed by atoms with van der Waals surface area (Å²) in [6, 6.07) is 21.7. The fraction of sp³-hybridized carbons (Fsp3) is 0.115. The number of hydrogen-bond acceptors (Lipinski definition) is 6. The predicted octanol–water partition coefficient (Wildman–Crippen LogP) is 4.56. The second-order valence-electron chi connectivity index (χ2n) is 7.17. The summed E-state index contributed by atoms with van der Waals surface area (Å²) in [5.74, 6) is 0.173. The van der Waals surface area contributed by atoms with Gasteiger partial charge in [0.05, 0.1) is 23.9 Å². The number of methoxy groups -OCH3 is 1. The van der Waals surface area contributed by atoms with Crippen molar-refractivity contribution < 1.29 is 19.1 Å². The van der Waals surface area contributed by atoms with Gasteiger partial charge in [-0.05, 0) is 42.0 Å². The van der Waals surface area contributed by atoms with Crippen molar-refractivity contribution in [2.45, 2.75) is 6.54 Å². The second-order valence-corrected chi connectivity index (χ2v) is 8.16. The zero-order valence-corrected chi connectivity index (χ0v) is 18.7. The number of nitrogens with zero attached hydrogens (tertiary/aromatic N) is 1. The number of ketones is 1. The van der Waals surface area contributed by atoms with Crippen LogP contribution in [0.25, 0.3) is 16.3 Å². The molecule has 166 valence electrons. The van der Waals surface area contributed by atoms with Gasteiger partial charge in [-0.3, -0.25) is 14.2 Å². The molecule has 4 rings (SSSR count). The normalized spacial score (nSPS) is 11.1. The molecule has 4 aromatic rings. The van der Waals surface area contributed by atoms with Crippen molar-refractivity contribution in [3.8, 4) is 5.75 Å². The SMILES string of the molecule is COC(=O)C=Cc1ccc(OCCn2c(=O)sc3cc(C(=O)c4ccccc4)ccc32)cc1. The smallest absolute Gasteiger partial charge is 0.330 e. The standard InChI is InChI=1S/C26H21NO5S/c1-31-24(28)14-9-18-7-11-21(12-8-18)32-16-15-27-22-13-10-20(17-23(22)33-26(27)30)25(29)19-5-3-2-4-6-19/h2-14,17H,15-16H2,1H3. The van der Waals surface area contributed by atoms with Crippen molar-refractivity contribution in [2.24, 2.45) is 0 Å². The van der Waals surface area contributed by atoms with Gasteiger partial charge in [0.1, 0.15) is 12.4 Å². The van der Waals surface area contributed by atoms with Crippen molar-refractivity contribution in [1.29, 1.82) is 0 Å². The largest absolute Gasteiger partial charge is 0.492 e. The molecule has 0 bridgehead atoms. The number of thiazole rings is 1. The third-order valence-corrected chi connectivity index (χ3v) is 5.99. The molecule has 3 aromatic carbocycles. The van der Waals surface area contributed by atoms with Crippen LogP contribution in [0.5, 0.6) is 5.75 Å². The summed E-state index contributed by atoms with van der Waals surface area (Å²) < 4.78 is 12.8. The number of carbonyl (C=O) groups is 2. The highest BCUT2D eigenvalue weighted by Crippen LogP contribution is 2.21. The van der Waals surface area contributed by atoms with Gasteiger partial charge < -0.3 is 9.47 Å². The van der Waals surface area contributed by atoms with Crippen LogP contribution in [0, 0.1) is 0 Å². The van der Waals surface area contributed by atoms with Crippen LogP contribution in [-0.2, 0) is 16.1 Å². The number of carbonyl (C=O) groups excluding carboxylic acids is 2. The lowest BCUT2D eigenvalue weighted by molar-refractivity contribution is -0.134. The lowest BCUT2D eigenvalue weighted by atomic mass is 10.0. The van der Waals surface area contributed by atoms with Gasteiger partial charge >= 0.3 is 10.8 Å². The van der Waals surface area contributed by atoms with E-state index in [9.17, 15) is 14.4 Å². The Morgan fingerprint density at radius 3 is 2.45 bits per heavy atom. The van der Waals surface area contributed by atoms with Crippen molar-refractivity contribution in [3.63, 3.8) is 0 Å². The molecule has 0 unspecified atom stereocenters. The molecule has 33 heavy (non-hydrogen) atoms. The van der Waals surface area contributed by atoms with E-state index in [1.807, 2.05) is 36.4 Å². The fourth-order valence-corrected chi connectivity index (χ4v) is 4.29. The van der Waals surface area contributed by atoms with Crippen LogP contribution in [-0.4, -0.2) is 30.0 Å². The van der Waals surface area contributed by atoms with E-state index in [0.717, 1.165) is 27.1 Å². The van der Waals surface area contributed by atoms with Crippen LogP contribution in [0.4, 0.5) is 0 Å². The van der Waals surface area contributed by atoms with Gasteiger partial charge in [0.2, 0.25) is 0 Å². The first-order valence-electron chi connectivity index (χ1n) is 10.3. The first-order valence-corrected chi connectivity index (χ1v) is 11.1. The number of aromatic nitrogens is 1. The third-order valence-electron chi connectivity index (χ3n) is 5.04. The van der Waals surface area contributed by atoms with Crippen LogP contribution in [0.2, 0.25) is 0 Å². The molecule has 0 amide bonds. The van der Waals surface area contributed by atoms with E-state index in [1.165, 1.54) is 13.2 Å². The maximum absolute atomic E-state index is 12.7. The van der Waals surface area contributed by atoms with Crippen LogP contribution in [0.3, 0.4) is 0 Å². The Kier molecular flexibility index (Phi) is 6.80. The molecule has 0 aliphatic heterocycles. The molecule has 0 radical (unpaired) electrons. The molecule has 0 spiro atoms. The Labute approximate surface area is 194 Å². The van der Waals surface area contributed by atoms with Gasteiger partial charge in [-0.2, -0.15) is 0 Å². The number of rotatable bonds is 8. The molecule has 0 fully saturated rings. The second kappa shape index (κ2) is 10.1. The van der Waals surface area contributed by atoms with Gasteiger partial charge in [0.15, 0.2) is 5.78 Å². The quantitative estimate of drug-likeness (QED) is 0.219. The molecular formula is C26H21NO5S. The van der Waals surface area contributed by atoms with E-state index in [2.05, 4.69) is 4.74 Å². The minimum atomic E-state index is -0.416. The highest BCUT2D eigenvalue weighted by atomic mass is 32.1. The summed E-state index contributed by atoms with van der Waals surface area (Å²) in [6.45, 7) is 0.697. The molecule has 0 aliphatic rings. The molecule has 0 saturated heterocycles. The van der Waals surface area contributed by atoms with E-state index < -0.39 is 5.97 Å². The molecule has 7 heteroatoms. The van der Waals surface area contributed by atoms with Gasteiger partial charge in [0.25, 0.3) is 0 Å². The summed E-state index contributed by atoms with van der Waals surface area (Å²) in [4.78, 5) is 36.3. The average Bonchev–Trinajstić information content (AvgIpc) is 3.17. The van der Waals surface area contributed by atoms with E-state index in [1.54, 1.807) is 47.0 Å². The van der Waals surface area contributed by atoms with E-state index in [0.29, 0.717) is 30.0 Å². The zero-order chi connectivity index (χ0) is 23.2. The lowest BCUT2D eigenvalue weighted by Gasteiger charge is -2.08. The molecule has 6 nitrogen and oxygen atoms in total. The molecular weight excluding hydrogens is 438 g/mol. The van der Waals surface area contributed by atoms with Crippen LogP contribution in [0.1, 0.15) is 21.5 Å². The molecule has 0 N–H and O–H groups in total. The molecule has 0 atom stereocenters. The van der Waals surface area contributed by atoms with Crippen molar-refractivity contribution >= 4 is 39.4 Å². The molecule has 0 aliphatic carbocycles. The van der Waals surface area contributed by atoms with Gasteiger partial charge in [-0.1, -0.05) is 53.8 Å². The molecule has 0 saturated carbocycles. The van der Waals surface area contributed by atoms with E-state index in [-0.39, 0.29) is 10.7 Å². The Hall–Kier alpha value is -3.97. The molecule has 1 aromatic heterocycles. The van der Waals surface area contributed by atoms with Crippen molar-refractivity contribution in [2.75, 3.05) is 13.7 Å². The predicted molar refractivity (Wildman–Crippen MR) is 129 cm³/mol. The highest BCUT2D eigenvalue weighted by Gasteiger charge is 2.13. The fourth-order valence-electron chi connectivity index (χ4n) is 3.34. The summed E-state index contributed by atoms with van der Waals surface area (Å²) in [5, 5.41) is 0. The van der Waals surface area contributed by atoms with E-state index >= 15 is 0 Å². The number of ether oxygens (including phenoxy) is 2. The Morgan fingerprint density at radius 2 is 1.73 bits per heavy atom. The van der Waals surface area contributed by atoms with Crippen molar-refractivity contribution in [1.82, 2.24) is 4.57 Å². The van der Waals surface area contributed by atoms with Crippen LogP contribution in [0.15, 0.2) is 83.7 Å².